The fourth-order valence-electron chi connectivity index (χ4n) is 4.01. The topological polar surface area (TPSA) is 72.3 Å². The minimum Gasteiger partial charge on any atom is -0.496 e. The van der Waals surface area contributed by atoms with Crippen LogP contribution in [0.5, 0.6) is 11.5 Å². The summed E-state index contributed by atoms with van der Waals surface area (Å²) in [6, 6.07) is 21.8. The van der Waals surface area contributed by atoms with Gasteiger partial charge < -0.3 is 24.6 Å². The second-order valence-electron chi connectivity index (χ2n) is 9.70. The Hall–Kier alpha value is -4.13. The third-order valence-electron chi connectivity index (χ3n) is 6.36. The summed E-state index contributed by atoms with van der Waals surface area (Å²) in [5.74, 6) is 1.54. The third-order valence-corrected chi connectivity index (χ3v) is 6.36. The monoisotopic (exact) mass is 568 g/mol. The van der Waals surface area contributed by atoms with Crippen molar-refractivity contribution in [1.82, 2.24) is 0 Å². The predicted molar refractivity (Wildman–Crippen MR) is 176 cm³/mol. The Morgan fingerprint density at radius 2 is 1.67 bits per heavy atom. The smallest absolute Gasteiger partial charge is 0.144 e. The standard InChI is InChI=1S/C36H44N2O4/c1-4-6-8-9-23-37-24-22-29-10-16-33(17-11-29)38-36(39)21-15-32-28-31(14-20-35(32)40-3)30-12-18-34(19-13-30)42-27-26-41-25-7-5-2/h8-24,28,36,38-39H,4-7,25-27H2,1-3H3/b9-8+,21-15+,24-22+,37-23-. The lowest BCUT2D eigenvalue weighted by molar-refractivity contribution is 0.0981. The van der Waals surface area contributed by atoms with Gasteiger partial charge in [-0.2, -0.15) is 0 Å². The zero-order chi connectivity index (χ0) is 29.8. The molecule has 2 N–H and O–H groups in total. The summed E-state index contributed by atoms with van der Waals surface area (Å²) in [5.41, 5.74) is 4.80. The molecule has 0 aliphatic carbocycles. The van der Waals surface area contributed by atoms with Crippen molar-refractivity contribution in [3.63, 3.8) is 0 Å². The van der Waals surface area contributed by atoms with Gasteiger partial charge in [-0.05, 0) is 84.2 Å². The number of rotatable bonds is 18. The Morgan fingerprint density at radius 1 is 0.881 bits per heavy atom. The molecular weight excluding hydrogens is 524 g/mol. The Bertz CT molecular complexity index is 1290. The van der Waals surface area contributed by atoms with Crippen LogP contribution in [-0.4, -0.2) is 44.5 Å². The van der Waals surface area contributed by atoms with E-state index in [0.29, 0.717) is 13.2 Å². The molecule has 6 heteroatoms. The fraction of sp³-hybridized carbons (Fsp3) is 0.306. The molecule has 0 spiro atoms. The van der Waals surface area contributed by atoms with Gasteiger partial charge >= 0.3 is 0 Å². The SMILES string of the molecule is CCC/C=C/C=N\C=C\c1ccc(NC(O)/C=C/c2cc(-c3ccc(OCCOCCCC)cc3)ccc2OC)cc1. The first-order valence-electron chi connectivity index (χ1n) is 14.7. The first kappa shape index (κ1) is 32.4. The predicted octanol–water partition coefficient (Wildman–Crippen LogP) is 8.40. The second-order valence-corrected chi connectivity index (χ2v) is 9.70. The number of hydrogen-bond acceptors (Lipinski definition) is 6. The maximum atomic E-state index is 10.6. The van der Waals surface area contributed by atoms with Gasteiger partial charge in [0.25, 0.3) is 0 Å². The number of allylic oxidation sites excluding steroid dienone is 2. The van der Waals surface area contributed by atoms with Crippen molar-refractivity contribution in [3.8, 4) is 22.6 Å². The molecule has 0 saturated carbocycles. The molecule has 0 fully saturated rings. The molecule has 0 aliphatic heterocycles. The summed E-state index contributed by atoms with van der Waals surface area (Å²) in [6.07, 6.45) is 16.6. The molecule has 0 aliphatic rings. The second kappa shape index (κ2) is 19.1. The molecule has 42 heavy (non-hydrogen) atoms. The lowest BCUT2D eigenvalue weighted by Gasteiger charge is -2.12. The van der Waals surface area contributed by atoms with Gasteiger partial charge in [0, 0.05) is 30.3 Å². The molecule has 222 valence electrons. The molecule has 6 nitrogen and oxygen atoms in total. The Labute approximate surface area is 251 Å². The number of nitrogens with zero attached hydrogens (tertiary/aromatic N) is 1. The van der Waals surface area contributed by atoms with Gasteiger partial charge in [-0.3, -0.25) is 4.99 Å². The summed E-state index contributed by atoms with van der Waals surface area (Å²) in [4.78, 5) is 4.25. The highest BCUT2D eigenvalue weighted by Gasteiger charge is 2.06. The Morgan fingerprint density at radius 3 is 2.40 bits per heavy atom. The summed E-state index contributed by atoms with van der Waals surface area (Å²) in [6.45, 7) is 6.20. The molecule has 3 rings (SSSR count). The number of nitrogens with one attached hydrogen (secondary N) is 1. The summed E-state index contributed by atoms with van der Waals surface area (Å²) >= 11 is 0. The Kier molecular flexibility index (Phi) is 14.7. The molecule has 1 unspecified atom stereocenters. The van der Waals surface area contributed by atoms with E-state index in [4.69, 9.17) is 14.2 Å². The van der Waals surface area contributed by atoms with Crippen LogP contribution in [0.3, 0.4) is 0 Å². The quantitative estimate of drug-likeness (QED) is 0.0916. The average molecular weight is 569 g/mol. The van der Waals surface area contributed by atoms with Crippen molar-refractivity contribution in [1.29, 1.82) is 0 Å². The van der Waals surface area contributed by atoms with Crippen molar-refractivity contribution >= 4 is 24.1 Å². The van der Waals surface area contributed by atoms with Gasteiger partial charge in [0.2, 0.25) is 0 Å². The normalized spacial score (nSPS) is 12.6. The van der Waals surface area contributed by atoms with Crippen LogP contribution < -0.4 is 14.8 Å². The van der Waals surface area contributed by atoms with Crippen molar-refractivity contribution in [2.75, 3.05) is 32.2 Å². The molecule has 3 aromatic rings. The summed E-state index contributed by atoms with van der Waals surface area (Å²) in [7, 11) is 1.64. The van der Waals surface area contributed by atoms with E-state index in [1.807, 2.05) is 85.0 Å². The van der Waals surface area contributed by atoms with E-state index < -0.39 is 6.23 Å². The van der Waals surface area contributed by atoms with E-state index in [1.54, 1.807) is 25.6 Å². The van der Waals surface area contributed by atoms with Gasteiger partial charge in [0.05, 0.1) is 13.7 Å². The molecule has 3 aromatic carbocycles. The molecule has 0 radical (unpaired) electrons. The number of ether oxygens (including phenoxy) is 3. The maximum Gasteiger partial charge on any atom is 0.144 e. The number of methoxy groups -OCH3 is 1. The molecule has 0 bridgehead atoms. The number of aliphatic imine (C=N–C) groups is 1. The first-order valence-corrected chi connectivity index (χ1v) is 14.7. The number of unbranched alkanes of at least 4 members (excludes halogenated alkanes) is 2. The Balaban J connectivity index is 1.55. The van der Waals surface area contributed by atoms with Crippen LogP contribution >= 0.6 is 0 Å². The van der Waals surface area contributed by atoms with Gasteiger partial charge in [0.15, 0.2) is 0 Å². The number of hydrogen-bond donors (Lipinski definition) is 2. The number of aliphatic hydroxyl groups is 1. The minimum atomic E-state index is -0.873. The largest absolute Gasteiger partial charge is 0.496 e. The average Bonchev–Trinajstić information content (AvgIpc) is 3.02. The molecule has 1 atom stereocenters. The zero-order valence-corrected chi connectivity index (χ0v) is 25.0. The van der Waals surface area contributed by atoms with E-state index in [1.165, 1.54) is 0 Å². The molecule has 0 saturated heterocycles. The van der Waals surface area contributed by atoms with Crippen LogP contribution in [0.15, 0.2) is 96.2 Å². The van der Waals surface area contributed by atoms with Crippen molar-refractivity contribution < 1.29 is 19.3 Å². The fourth-order valence-corrected chi connectivity index (χ4v) is 4.01. The van der Waals surface area contributed by atoms with Crippen LogP contribution in [0.25, 0.3) is 23.3 Å². The van der Waals surface area contributed by atoms with Crippen molar-refractivity contribution in [2.24, 2.45) is 4.99 Å². The highest BCUT2D eigenvalue weighted by atomic mass is 16.5. The number of benzene rings is 3. The van der Waals surface area contributed by atoms with E-state index in [9.17, 15) is 5.11 Å². The zero-order valence-electron chi connectivity index (χ0n) is 25.0. The molecule has 0 aromatic heterocycles. The van der Waals surface area contributed by atoms with E-state index in [2.05, 4.69) is 30.2 Å². The van der Waals surface area contributed by atoms with Crippen LogP contribution in [-0.2, 0) is 4.74 Å². The number of anilines is 1. The first-order chi connectivity index (χ1) is 20.6. The third kappa shape index (κ3) is 11.8. The van der Waals surface area contributed by atoms with Crippen molar-refractivity contribution in [3.05, 3.63) is 102 Å². The maximum absolute atomic E-state index is 10.6. The summed E-state index contributed by atoms with van der Waals surface area (Å²) in [5, 5.41) is 13.7. The molecular formula is C36H44N2O4. The highest BCUT2D eigenvalue weighted by molar-refractivity contribution is 5.72. The van der Waals surface area contributed by atoms with Crippen molar-refractivity contribution in [2.45, 2.75) is 45.8 Å². The number of aliphatic hydroxyl groups excluding tert-OH is 1. The van der Waals surface area contributed by atoms with Crippen LogP contribution in [0, 0.1) is 0 Å². The van der Waals surface area contributed by atoms with Crippen LogP contribution in [0.4, 0.5) is 5.69 Å². The molecule has 0 amide bonds. The van der Waals surface area contributed by atoms with Gasteiger partial charge in [0.1, 0.15) is 24.3 Å². The lowest BCUT2D eigenvalue weighted by Crippen LogP contribution is -2.15. The van der Waals surface area contributed by atoms with Crippen LogP contribution in [0.2, 0.25) is 0 Å². The van der Waals surface area contributed by atoms with Gasteiger partial charge in [-0.15, -0.1) is 0 Å². The van der Waals surface area contributed by atoms with E-state index in [0.717, 1.165) is 71.7 Å². The minimum absolute atomic E-state index is 0.532. The van der Waals surface area contributed by atoms with Gasteiger partial charge in [-0.25, -0.2) is 0 Å². The van der Waals surface area contributed by atoms with E-state index in [-0.39, 0.29) is 0 Å². The lowest BCUT2D eigenvalue weighted by atomic mass is 10.0. The summed E-state index contributed by atoms with van der Waals surface area (Å²) < 4.78 is 16.9. The molecule has 0 heterocycles. The highest BCUT2D eigenvalue weighted by Crippen LogP contribution is 2.29. The van der Waals surface area contributed by atoms with Gasteiger partial charge in [-0.1, -0.05) is 69.2 Å². The van der Waals surface area contributed by atoms with E-state index >= 15 is 0 Å². The van der Waals surface area contributed by atoms with Crippen LogP contribution in [0.1, 0.15) is 50.7 Å².